The predicted octanol–water partition coefficient (Wildman–Crippen LogP) is 6.58. The molecular weight excluding hydrogens is 600 g/mol. The molecule has 7 nitrogen and oxygen atoms in total. The largest absolute Gasteiger partial charge is 0.352 e. The Morgan fingerprint density at radius 1 is 0.976 bits per heavy atom. The molecule has 3 aromatic carbocycles. The van der Waals surface area contributed by atoms with E-state index >= 15 is 0 Å². The first-order valence-corrected chi connectivity index (χ1v) is 16.2. The predicted molar refractivity (Wildman–Crippen MR) is 163 cm³/mol. The number of rotatable bonds is 11. The smallest absolute Gasteiger partial charge is 0.264 e. The van der Waals surface area contributed by atoms with Gasteiger partial charge in [0, 0.05) is 17.6 Å². The molecule has 1 saturated carbocycles. The number of carbonyl (C=O) groups excluding carboxylic acids is 2. The van der Waals surface area contributed by atoms with Gasteiger partial charge in [0.15, 0.2) is 0 Å². The molecule has 1 aliphatic rings. The van der Waals surface area contributed by atoms with E-state index in [-0.39, 0.29) is 45.5 Å². The zero-order valence-electron chi connectivity index (χ0n) is 23.3. The van der Waals surface area contributed by atoms with Crippen LogP contribution < -0.4 is 9.62 Å². The Hall–Kier alpha value is -3.14. The van der Waals surface area contributed by atoms with Crippen LogP contribution in [0.1, 0.15) is 51.0 Å². The number of sulfonamides is 1. The second-order valence-electron chi connectivity index (χ2n) is 10.3. The van der Waals surface area contributed by atoms with Crippen LogP contribution in [0.5, 0.6) is 0 Å². The highest BCUT2D eigenvalue weighted by Gasteiger charge is 2.35. The average molecular weight is 635 g/mol. The van der Waals surface area contributed by atoms with Crippen LogP contribution in [-0.2, 0) is 26.2 Å². The van der Waals surface area contributed by atoms with Gasteiger partial charge in [0.1, 0.15) is 18.4 Å². The number of nitrogens with one attached hydrogen (secondary N) is 1. The van der Waals surface area contributed by atoms with Crippen molar-refractivity contribution in [2.24, 2.45) is 0 Å². The molecule has 0 spiro atoms. The summed E-state index contributed by atoms with van der Waals surface area (Å²) in [5, 5.41) is 3.41. The molecule has 1 fully saturated rings. The molecule has 1 atom stereocenters. The Bertz CT molecular complexity index is 1480. The molecule has 1 aliphatic carbocycles. The number of amides is 2. The summed E-state index contributed by atoms with van der Waals surface area (Å²) in [5.74, 6) is -1.37. The summed E-state index contributed by atoms with van der Waals surface area (Å²) in [7, 11) is -4.28. The van der Waals surface area contributed by atoms with E-state index in [0.717, 1.165) is 36.4 Å². The molecule has 0 radical (unpaired) electrons. The SMILES string of the molecule is CCC(C(=O)NC1CCCCC1)N(Cc1ccc(F)cc1)C(=O)CN(c1cc(Cl)ccc1Cl)S(=O)(=O)c1ccccc1. The lowest BCUT2D eigenvalue weighted by atomic mass is 9.95. The third-order valence-corrected chi connectivity index (χ3v) is 9.72. The zero-order chi connectivity index (χ0) is 30.3. The van der Waals surface area contributed by atoms with Gasteiger partial charge in [-0.15, -0.1) is 0 Å². The molecule has 0 aromatic heterocycles. The lowest BCUT2D eigenvalue weighted by Gasteiger charge is -2.34. The highest BCUT2D eigenvalue weighted by Crippen LogP contribution is 2.33. The number of anilines is 1. The summed E-state index contributed by atoms with van der Waals surface area (Å²) in [4.78, 5) is 29.0. The molecule has 2 amide bonds. The normalized spacial score (nSPS) is 14.7. The first-order chi connectivity index (χ1) is 20.1. The maximum absolute atomic E-state index is 14.2. The van der Waals surface area contributed by atoms with Crippen LogP contribution in [0.25, 0.3) is 0 Å². The van der Waals surface area contributed by atoms with E-state index in [2.05, 4.69) is 5.32 Å². The quantitative estimate of drug-likeness (QED) is 0.258. The van der Waals surface area contributed by atoms with Crippen LogP contribution in [0.2, 0.25) is 10.0 Å². The van der Waals surface area contributed by atoms with Crippen LogP contribution in [0.4, 0.5) is 10.1 Å². The summed E-state index contributed by atoms with van der Waals surface area (Å²) in [5.41, 5.74) is 0.620. The van der Waals surface area contributed by atoms with Gasteiger partial charge in [-0.2, -0.15) is 0 Å². The van der Waals surface area contributed by atoms with Crippen molar-refractivity contribution < 1.29 is 22.4 Å². The van der Waals surface area contributed by atoms with Gasteiger partial charge < -0.3 is 10.2 Å². The van der Waals surface area contributed by atoms with Gasteiger partial charge in [-0.1, -0.05) is 79.7 Å². The van der Waals surface area contributed by atoms with Crippen LogP contribution in [0, 0.1) is 5.82 Å². The molecule has 42 heavy (non-hydrogen) atoms. The summed E-state index contributed by atoms with van der Waals surface area (Å²) in [6.07, 6.45) is 5.18. The second-order valence-corrected chi connectivity index (χ2v) is 13.0. The Labute approximate surface area is 256 Å². The minimum atomic E-state index is -4.28. The van der Waals surface area contributed by atoms with E-state index in [0.29, 0.717) is 5.56 Å². The summed E-state index contributed by atoms with van der Waals surface area (Å²) >= 11 is 12.7. The summed E-state index contributed by atoms with van der Waals surface area (Å²) < 4.78 is 42.4. The first kappa shape index (κ1) is 31.8. The molecule has 0 saturated heterocycles. The van der Waals surface area contributed by atoms with Gasteiger partial charge in [-0.25, -0.2) is 12.8 Å². The van der Waals surface area contributed by atoms with Crippen LogP contribution in [0.3, 0.4) is 0 Å². The molecule has 0 heterocycles. The van der Waals surface area contributed by atoms with E-state index in [1.807, 2.05) is 0 Å². The molecular formula is C31H34Cl2FN3O4S. The maximum Gasteiger partial charge on any atom is 0.264 e. The highest BCUT2D eigenvalue weighted by molar-refractivity contribution is 7.92. The topological polar surface area (TPSA) is 86.8 Å². The summed E-state index contributed by atoms with van der Waals surface area (Å²) in [6.45, 7) is 1.12. The van der Waals surface area contributed by atoms with Crippen molar-refractivity contribution >= 4 is 50.7 Å². The van der Waals surface area contributed by atoms with E-state index < -0.39 is 34.3 Å². The molecule has 1 unspecified atom stereocenters. The van der Waals surface area contributed by atoms with Crippen molar-refractivity contribution in [2.75, 3.05) is 10.8 Å². The van der Waals surface area contributed by atoms with Crippen molar-refractivity contribution in [1.82, 2.24) is 10.2 Å². The number of nitrogens with zero attached hydrogens (tertiary/aromatic N) is 2. The maximum atomic E-state index is 14.2. The lowest BCUT2D eigenvalue weighted by Crippen LogP contribution is -2.54. The van der Waals surface area contributed by atoms with Crippen LogP contribution in [0.15, 0.2) is 77.7 Å². The van der Waals surface area contributed by atoms with Gasteiger partial charge >= 0.3 is 0 Å². The zero-order valence-corrected chi connectivity index (χ0v) is 25.6. The molecule has 224 valence electrons. The number of halogens is 3. The molecule has 4 rings (SSSR count). The minimum absolute atomic E-state index is 0.0169. The highest BCUT2D eigenvalue weighted by atomic mass is 35.5. The Morgan fingerprint density at radius 3 is 2.29 bits per heavy atom. The fourth-order valence-electron chi connectivity index (χ4n) is 5.16. The standard InChI is InChI=1S/C31H34Cl2FN3O4S/c1-2-28(31(39)35-25-9-5-3-6-10-25)36(20-22-13-16-24(34)17-14-22)30(38)21-37(29-19-23(32)15-18-27(29)33)42(40,41)26-11-7-4-8-12-26/h4,7-8,11-19,25,28H,2-3,5-6,9-10,20-21H2,1H3,(H,35,39). The van der Waals surface area contributed by atoms with E-state index in [1.165, 1.54) is 59.5 Å². The molecule has 1 N–H and O–H groups in total. The average Bonchev–Trinajstić information content (AvgIpc) is 2.99. The van der Waals surface area contributed by atoms with Crippen LogP contribution >= 0.6 is 23.2 Å². The van der Waals surface area contributed by atoms with Gasteiger partial charge in [0.2, 0.25) is 11.8 Å². The van der Waals surface area contributed by atoms with Crippen molar-refractivity contribution in [3.63, 3.8) is 0 Å². The Morgan fingerprint density at radius 2 is 1.64 bits per heavy atom. The Kier molecular flexibility index (Phi) is 10.9. The van der Waals surface area contributed by atoms with Gasteiger partial charge in [-0.05, 0) is 67.3 Å². The molecule has 0 bridgehead atoms. The van der Waals surface area contributed by atoms with Gasteiger partial charge in [-0.3, -0.25) is 13.9 Å². The van der Waals surface area contributed by atoms with E-state index in [4.69, 9.17) is 23.2 Å². The molecule has 0 aliphatic heterocycles. The van der Waals surface area contributed by atoms with Crippen molar-refractivity contribution in [3.8, 4) is 0 Å². The summed E-state index contributed by atoms with van der Waals surface area (Å²) in [6, 6.07) is 16.8. The van der Waals surface area contributed by atoms with E-state index in [1.54, 1.807) is 25.1 Å². The molecule has 3 aromatic rings. The van der Waals surface area contributed by atoms with Gasteiger partial charge in [0.25, 0.3) is 10.0 Å². The first-order valence-electron chi connectivity index (χ1n) is 14.0. The third kappa shape index (κ3) is 7.82. The second kappa shape index (κ2) is 14.4. The Balaban J connectivity index is 1.72. The number of carbonyl (C=O) groups is 2. The van der Waals surface area contributed by atoms with Crippen molar-refractivity contribution in [3.05, 3.63) is 94.2 Å². The number of hydrogen-bond acceptors (Lipinski definition) is 4. The number of hydrogen-bond donors (Lipinski definition) is 1. The number of benzene rings is 3. The monoisotopic (exact) mass is 633 g/mol. The molecule has 11 heteroatoms. The lowest BCUT2D eigenvalue weighted by molar-refractivity contribution is -0.140. The minimum Gasteiger partial charge on any atom is -0.352 e. The fourth-order valence-corrected chi connectivity index (χ4v) is 7.04. The van der Waals surface area contributed by atoms with Crippen molar-refractivity contribution in [2.45, 2.75) is 69.0 Å². The third-order valence-electron chi connectivity index (χ3n) is 7.39. The van der Waals surface area contributed by atoms with Gasteiger partial charge in [0.05, 0.1) is 15.6 Å². The van der Waals surface area contributed by atoms with Crippen molar-refractivity contribution in [1.29, 1.82) is 0 Å². The van der Waals surface area contributed by atoms with E-state index in [9.17, 15) is 22.4 Å². The van der Waals surface area contributed by atoms with Crippen LogP contribution in [-0.4, -0.2) is 43.8 Å². The fraction of sp³-hybridized carbons (Fsp3) is 0.355.